The van der Waals surface area contributed by atoms with Gasteiger partial charge in [-0.3, -0.25) is 14.3 Å². The van der Waals surface area contributed by atoms with Crippen molar-refractivity contribution in [1.82, 2.24) is 19.7 Å². The number of fused-ring (bicyclic) bond motifs is 1. The van der Waals surface area contributed by atoms with Gasteiger partial charge in [0.1, 0.15) is 12.7 Å². The first kappa shape index (κ1) is 18.3. The highest BCUT2D eigenvalue weighted by molar-refractivity contribution is 6.09. The summed E-state index contributed by atoms with van der Waals surface area (Å²) in [5.74, 6) is 0.145. The van der Waals surface area contributed by atoms with E-state index in [1.54, 1.807) is 11.0 Å². The Balaban J connectivity index is 1.40. The first-order chi connectivity index (χ1) is 13.7. The van der Waals surface area contributed by atoms with Crippen LogP contribution in [-0.4, -0.2) is 44.4 Å². The molecular formula is C22H24N4O2. The molecule has 1 saturated heterocycles. The number of Topliss-reactive ketones (excluding diaryl/α,β-unsaturated/α-hetero) is 1. The molecule has 0 spiro atoms. The number of benzene rings is 2. The number of likely N-dealkylation sites (tertiary alicyclic amines) is 1. The van der Waals surface area contributed by atoms with E-state index in [0.29, 0.717) is 19.5 Å². The molecule has 1 aromatic heterocycles. The van der Waals surface area contributed by atoms with Gasteiger partial charge in [-0.2, -0.15) is 5.10 Å². The monoisotopic (exact) mass is 376 g/mol. The van der Waals surface area contributed by atoms with Crippen LogP contribution in [0.25, 0.3) is 10.8 Å². The zero-order chi connectivity index (χ0) is 19.3. The van der Waals surface area contributed by atoms with Crippen molar-refractivity contribution in [3.05, 3.63) is 60.7 Å². The van der Waals surface area contributed by atoms with E-state index in [9.17, 15) is 9.59 Å². The summed E-state index contributed by atoms with van der Waals surface area (Å²) >= 11 is 0. The van der Waals surface area contributed by atoms with Crippen LogP contribution in [0, 0.1) is 5.92 Å². The van der Waals surface area contributed by atoms with Gasteiger partial charge in [0.25, 0.3) is 0 Å². The fourth-order valence-corrected chi connectivity index (χ4v) is 3.98. The highest BCUT2D eigenvalue weighted by atomic mass is 16.2. The molecule has 1 aliphatic rings. The lowest BCUT2D eigenvalue weighted by atomic mass is 9.88. The molecule has 1 atom stereocenters. The number of carbonyl (C=O) groups is 2. The van der Waals surface area contributed by atoms with Gasteiger partial charge in [0, 0.05) is 37.5 Å². The van der Waals surface area contributed by atoms with Crippen molar-refractivity contribution in [3.8, 4) is 0 Å². The fourth-order valence-electron chi connectivity index (χ4n) is 3.98. The number of ketones is 1. The number of rotatable bonds is 6. The summed E-state index contributed by atoms with van der Waals surface area (Å²) in [6.45, 7) is 1.93. The van der Waals surface area contributed by atoms with E-state index < -0.39 is 0 Å². The minimum Gasteiger partial charge on any atom is -0.342 e. The molecule has 6 nitrogen and oxygen atoms in total. The SMILES string of the molecule is O=C(c1cccc2ccccc12)[C@H]1CCCN(C(=O)CCCn2cncn2)C1. The zero-order valence-electron chi connectivity index (χ0n) is 15.8. The summed E-state index contributed by atoms with van der Waals surface area (Å²) in [7, 11) is 0. The number of amides is 1. The standard InChI is InChI=1S/C22H24N4O2/c27-21(11-5-13-26-16-23-15-24-26)25-12-4-8-18(14-25)22(28)20-10-3-7-17-6-1-2-9-19(17)20/h1-3,6-7,9-10,15-16,18H,4-5,8,11-14H2/t18-/m0/s1. The highest BCUT2D eigenvalue weighted by Gasteiger charge is 2.29. The summed E-state index contributed by atoms with van der Waals surface area (Å²) in [4.78, 5) is 31.6. The average molecular weight is 376 g/mol. The molecule has 4 rings (SSSR count). The molecule has 28 heavy (non-hydrogen) atoms. The number of aryl methyl sites for hydroxylation is 1. The first-order valence-electron chi connectivity index (χ1n) is 9.84. The number of aromatic nitrogens is 3. The third kappa shape index (κ3) is 3.96. The number of hydrogen-bond acceptors (Lipinski definition) is 4. The predicted molar refractivity (Wildman–Crippen MR) is 107 cm³/mol. The molecule has 144 valence electrons. The second-order valence-electron chi connectivity index (χ2n) is 7.33. The highest BCUT2D eigenvalue weighted by Crippen LogP contribution is 2.26. The molecule has 1 fully saturated rings. The lowest BCUT2D eigenvalue weighted by molar-refractivity contribution is -0.132. The Kier molecular flexibility index (Phi) is 5.46. The van der Waals surface area contributed by atoms with Gasteiger partial charge in [0.2, 0.25) is 5.91 Å². The number of piperidine rings is 1. The van der Waals surface area contributed by atoms with Gasteiger partial charge in [0.15, 0.2) is 5.78 Å². The van der Waals surface area contributed by atoms with Crippen LogP contribution in [0.15, 0.2) is 55.1 Å². The van der Waals surface area contributed by atoms with Crippen LogP contribution < -0.4 is 0 Å². The molecule has 0 saturated carbocycles. The molecule has 1 amide bonds. The van der Waals surface area contributed by atoms with E-state index in [4.69, 9.17) is 0 Å². The van der Waals surface area contributed by atoms with Crippen molar-refractivity contribution in [2.45, 2.75) is 32.2 Å². The van der Waals surface area contributed by atoms with Gasteiger partial charge in [-0.1, -0.05) is 42.5 Å². The largest absolute Gasteiger partial charge is 0.342 e. The van der Waals surface area contributed by atoms with Crippen LogP contribution in [0.4, 0.5) is 0 Å². The van der Waals surface area contributed by atoms with Gasteiger partial charge in [-0.25, -0.2) is 4.98 Å². The van der Waals surface area contributed by atoms with Crippen molar-refractivity contribution in [3.63, 3.8) is 0 Å². The molecule has 2 heterocycles. The Morgan fingerprint density at radius 2 is 1.96 bits per heavy atom. The number of nitrogens with zero attached hydrogens (tertiary/aromatic N) is 4. The second-order valence-corrected chi connectivity index (χ2v) is 7.33. The molecular weight excluding hydrogens is 352 g/mol. The van der Waals surface area contributed by atoms with Crippen LogP contribution >= 0.6 is 0 Å². The van der Waals surface area contributed by atoms with E-state index in [-0.39, 0.29) is 17.6 Å². The van der Waals surface area contributed by atoms with Crippen molar-refractivity contribution < 1.29 is 9.59 Å². The van der Waals surface area contributed by atoms with Crippen molar-refractivity contribution in [2.75, 3.05) is 13.1 Å². The molecule has 0 bridgehead atoms. The van der Waals surface area contributed by atoms with Crippen LogP contribution in [0.3, 0.4) is 0 Å². The van der Waals surface area contributed by atoms with E-state index >= 15 is 0 Å². The summed E-state index contributed by atoms with van der Waals surface area (Å²) < 4.78 is 1.73. The zero-order valence-corrected chi connectivity index (χ0v) is 15.8. The van der Waals surface area contributed by atoms with Gasteiger partial charge in [0.05, 0.1) is 0 Å². The maximum Gasteiger partial charge on any atom is 0.222 e. The molecule has 6 heteroatoms. The molecule has 0 N–H and O–H groups in total. The summed E-state index contributed by atoms with van der Waals surface area (Å²) in [5, 5.41) is 6.12. The average Bonchev–Trinajstić information content (AvgIpc) is 3.26. The van der Waals surface area contributed by atoms with Crippen LogP contribution in [0.1, 0.15) is 36.0 Å². The molecule has 2 aromatic carbocycles. The minimum atomic E-state index is -0.126. The Morgan fingerprint density at radius 3 is 2.82 bits per heavy atom. The Labute approximate surface area is 164 Å². The van der Waals surface area contributed by atoms with Crippen LogP contribution in [0.2, 0.25) is 0 Å². The van der Waals surface area contributed by atoms with E-state index in [2.05, 4.69) is 10.1 Å². The van der Waals surface area contributed by atoms with Crippen molar-refractivity contribution in [2.24, 2.45) is 5.92 Å². The fraction of sp³-hybridized carbons (Fsp3) is 0.364. The van der Waals surface area contributed by atoms with Crippen LogP contribution in [0.5, 0.6) is 0 Å². The summed E-state index contributed by atoms with van der Waals surface area (Å²) in [5.41, 5.74) is 0.767. The Morgan fingerprint density at radius 1 is 1.11 bits per heavy atom. The molecule has 0 radical (unpaired) electrons. The van der Waals surface area contributed by atoms with E-state index in [1.807, 2.05) is 47.4 Å². The summed E-state index contributed by atoms with van der Waals surface area (Å²) in [6, 6.07) is 13.8. The summed E-state index contributed by atoms with van der Waals surface area (Å²) in [6.07, 6.45) is 6.05. The normalized spacial score (nSPS) is 17.0. The molecule has 0 unspecified atom stereocenters. The lowest BCUT2D eigenvalue weighted by Gasteiger charge is -2.32. The molecule has 3 aromatic rings. The van der Waals surface area contributed by atoms with Gasteiger partial charge >= 0.3 is 0 Å². The number of carbonyl (C=O) groups excluding carboxylic acids is 2. The van der Waals surface area contributed by atoms with Crippen molar-refractivity contribution >= 4 is 22.5 Å². The topological polar surface area (TPSA) is 68.1 Å². The van der Waals surface area contributed by atoms with Crippen molar-refractivity contribution in [1.29, 1.82) is 0 Å². The maximum absolute atomic E-state index is 13.2. The van der Waals surface area contributed by atoms with Crippen LogP contribution in [-0.2, 0) is 11.3 Å². The molecule has 1 aliphatic heterocycles. The third-order valence-electron chi connectivity index (χ3n) is 5.44. The smallest absolute Gasteiger partial charge is 0.222 e. The van der Waals surface area contributed by atoms with E-state index in [1.165, 1.54) is 6.33 Å². The minimum absolute atomic E-state index is 0.121. The predicted octanol–water partition coefficient (Wildman–Crippen LogP) is 3.33. The first-order valence-corrected chi connectivity index (χ1v) is 9.84. The van der Waals surface area contributed by atoms with E-state index in [0.717, 1.165) is 42.1 Å². The van der Waals surface area contributed by atoms with Gasteiger partial charge < -0.3 is 4.90 Å². The van der Waals surface area contributed by atoms with Gasteiger partial charge in [-0.15, -0.1) is 0 Å². The second kappa shape index (κ2) is 8.33. The Bertz CT molecular complexity index is 962. The lowest BCUT2D eigenvalue weighted by Crippen LogP contribution is -2.42. The molecule has 0 aliphatic carbocycles. The number of hydrogen-bond donors (Lipinski definition) is 0. The van der Waals surface area contributed by atoms with Gasteiger partial charge in [-0.05, 0) is 30.0 Å². The quantitative estimate of drug-likeness (QED) is 0.619. The third-order valence-corrected chi connectivity index (χ3v) is 5.44. The Hall–Kier alpha value is -3.02. The maximum atomic E-state index is 13.2.